The Balaban J connectivity index is 2.89. The Kier molecular flexibility index (Phi) is 5.74. The summed E-state index contributed by atoms with van der Waals surface area (Å²) in [5.74, 6) is 0. The molecule has 20 heavy (non-hydrogen) atoms. The van der Waals surface area contributed by atoms with Crippen LogP contribution in [0.4, 0.5) is 4.79 Å². The fourth-order valence-corrected chi connectivity index (χ4v) is 2.49. The first-order valence-electron chi connectivity index (χ1n) is 6.42. The highest BCUT2D eigenvalue weighted by Gasteiger charge is 2.21. The standard InChI is InChI=1S/C15H20BrNO3/c1-10-5-6-11(12(16)9-10)13(7-8-18)17-14(19)20-15(2,3)4/h5-6,8-9,13H,7H2,1-4H3,(H,17,19)/t13-/m0/s1. The van der Waals surface area contributed by atoms with Gasteiger partial charge in [0.1, 0.15) is 11.9 Å². The lowest BCUT2D eigenvalue weighted by atomic mass is 10.0. The highest BCUT2D eigenvalue weighted by molar-refractivity contribution is 9.10. The second-order valence-corrected chi connectivity index (χ2v) is 6.48. The van der Waals surface area contributed by atoms with Crippen molar-refractivity contribution < 1.29 is 14.3 Å². The van der Waals surface area contributed by atoms with Gasteiger partial charge in [0.2, 0.25) is 0 Å². The number of rotatable bonds is 4. The minimum Gasteiger partial charge on any atom is -0.444 e. The van der Waals surface area contributed by atoms with Crippen LogP contribution < -0.4 is 5.32 Å². The van der Waals surface area contributed by atoms with Crippen molar-refractivity contribution in [2.45, 2.75) is 45.8 Å². The molecule has 0 saturated carbocycles. The number of hydrogen-bond donors (Lipinski definition) is 1. The lowest BCUT2D eigenvalue weighted by Gasteiger charge is -2.23. The number of carbonyl (C=O) groups excluding carboxylic acids is 2. The maximum atomic E-state index is 11.8. The van der Waals surface area contributed by atoms with Gasteiger partial charge < -0.3 is 14.8 Å². The van der Waals surface area contributed by atoms with E-state index in [9.17, 15) is 9.59 Å². The van der Waals surface area contributed by atoms with Gasteiger partial charge in [0.05, 0.1) is 6.04 Å². The maximum absolute atomic E-state index is 11.8. The summed E-state index contributed by atoms with van der Waals surface area (Å²) in [7, 11) is 0. The Labute approximate surface area is 128 Å². The van der Waals surface area contributed by atoms with Gasteiger partial charge in [0.25, 0.3) is 0 Å². The van der Waals surface area contributed by atoms with E-state index in [2.05, 4.69) is 21.2 Å². The number of aldehydes is 1. The molecule has 0 spiro atoms. The van der Waals surface area contributed by atoms with Crippen LogP contribution in [0.25, 0.3) is 0 Å². The number of alkyl carbamates (subject to hydrolysis) is 1. The second-order valence-electron chi connectivity index (χ2n) is 5.63. The zero-order valence-electron chi connectivity index (χ0n) is 12.2. The van der Waals surface area contributed by atoms with Crippen molar-refractivity contribution in [2.24, 2.45) is 0 Å². The molecule has 1 aromatic rings. The molecule has 0 fully saturated rings. The largest absolute Gasteiger partial charge is 0.444 e. The number of nitrogens with one attached hydrogen (secondary N) is 1. The smallest absolute Gasteiger partial charge is 0.408 e. The average Bonchev–Trinajstić information content (AvgIpc) is 2.25. The SMILES string of the molecule is Cc1ccc([C@H](CC=O)NC(=O)OC(C)(C)C)c(Br)c1. The van der Waals surface area contributed by atoms with Gasteiger partial charge in [-0.3, -0.25) is 0 Å². The molecule has 110 valence electrons. The van der Waals surface area contributed by atoms with Gasteiger partial charge in [-0.15, -0.1) is 0 Å². The maximum Gasteiger partial charge on any atom is 0.408 e. The lowest BCUT2D eigenvalue weighted by molar-refractivity contribution is -0.108. The molecule has 0 aliphatic rings. The molecule has 0 heterocycles. The summed E-state index contributed by atoms with van der Waals surface area (Å²) in [6.07, 6.45) is 0.451. The van der Waals surface area contributed by atoms with E-state index in [0.29, 0.717) is 0 Å². The molecule has 5 heteroatoms. The summed E-state index contributed by atoms with van der Waals surface area (Å²) >= 11 is 3.46. The van der Waals surface area contributed by atoms with Gasteiger partial charge in [-0.1, -0.05) is 28.1 Å². The van der Waals surface area contributed by atoms with E-state index in [1.165, 1.54) is 0 Å². The van der Waals surface area contributed by atoms with Gasteiger partial charge in [-0.05, 0) is 44.9 Å². The van der Waals surface area contributed by atoms with Crippen LogP contribution in [0.15, 0.2) is 22.7 Å². The minimum atomic E-state index is -0.569. The van der Waals surface area contributed by atoms with Crippen molar-refractivity contribution in [2.75, 3.05) is 0 Å². The topological polar surface area (TPSA) is 55.4 Å². The summed E-state index contributed by atoms with van der Waals surface area (Å²) < 4.78 is 6.08. The number of hydrogen-bond acceptors (Lipinski definition) is 3. The molecule has 0 bridgehead atoms. The summed E-state index contributed by atoms with van der Waals surface area (Å²) in [6, 6.07) is 5.38. The Hall–Kier alpha value is -1.36. The molecular weight excluding hydrogens is 322 g/mol. The van der Waals surface area contributed by atoms with Crippen LogP contribution in [0.1, 0.15) is 44.4 Å². The van der Waals surface area contributed by atoms with Crippen LogP contribution in [0, 0.1) is 6.92 Å². The summed E-state index contributed by atoms with van der Waals surface area (Å²) in [5, 5.41) is 2.73. The first kappa shape index (κ1) is 16.7. The van der Waals surface area contributed by atoms with Crippen molar-refractivity contribution in [1.29, 1.82) is 0 Å². The number of aryl methyl sites for hydroxylation is 1. The molecule has 1 aromatic carbocycles. The van der Waals surface area contributed by atoms with E-state index in [4.69, 9.17) is 4.74 Å². The Morgan fingerprint density at radius 2 is 2.10 bits per heavy atom. The van der Waals surface area contributed by atoms with Crippen LogP contribution >= 0.6 is 15.9 Å². The van der Waals surface area contributed by atoms with E-state index in [1.807, 2.05) is 25.1 Å². The third-order valence-corrected chi connectivity index (χ3v) is 3.24. The van der Waals surface area contributed by atoms with Crippen LogP contribution in [-0.4, -0.2) is 18.0 Å². The Bertz CT molecular complexity index is 494. The molecule has 1 atom stereocenters. The van der Waals surface area contributed by atoms with E-state index in [1.54, 1.807) is 20.8 Å². The van der Waals surface area contributed by atoms with Crippen LogP contribution in [-0.2, 0) is 9.53 Å². The number of halogens is 1. The number of benzene rings is 1. The summed E-state index contributed by atoms with van der Waals surface area (Å²) in [4.78, 5) is 22.7. The Morgan fingerprint density at radius 1 is 1.45 bits per heavy atom. The summed E-state index contributed by atoms with van der Waals surface area (Å²) in [6.45, 7) is 7.36. The molecule has 4 nitrogen and oxygen atoms in total. The van der Waals surface area contributed by atoms with Gasteiger partial charge >= 0.3 is 6.09 Å². The molecule has 1 amide bonds. The molecule has 1 N–H and O–H groups in total. The fraction of sp³-hybridized carbons (Fsp3) is 0.467. The molecule has 0 unspecified atom stereocenters. The van der Waals surface area contributed by atoms with Gasteiger partial charge in [0, 0.05) is 10.9 Å². The van der Waals surface area contributed by atoms with Crippen molar-refractivity contribution in [3.05, 3.63) is 33.8 Å². The Morgan fingerprint density at radius 3 is 2.60 bits per heavy atom. The van der Waals surface area contributed by atoms with Crippen LogP contribution in [0.2, 0.25) is 0 Å². The third kappa shape index (κ3) is 5.33. The predicted molar refractivity (Wildman–Crippen MR) is 81.7 cm³/mol. The minimum absolute atomic E-state index is 0.195. The normalized spacial score (nSPS) is 12.7. The van der Waals surface area contributed by atoms with Crippen molar-refractivity contribution >= 4 is 28.3 Å². The van der Waals surface area contributed by atoms with Gasteiger partial charge in [0.15, 0.2) is 0 Å². The highest BCUT2D eigenvalue weighted by Crippen LogP contribution is 2.26. The van der Waals surface area contributed by atoms with Crippen LogP contribution in [0.3, 0.4) is 0 Å². The average molecular weight is 342 g/mol. The van der Waals surface area contributed by atoms with Crippen LogP contribution in [0.5, 0.6) is 0 Å². The molecule has 0 saturated heterocycles. The van der Waals surface area contributed by atoms with E-state index in [-0.39, 0.29) is 6.42 Å². The van der Waals surface area contributed by atoms with Crippen molar-refractivity contribution in [3.8, 4) is 0 Å². The predicted octanol–water partition coefficient (Wildman–Crippen LogP) is 3.91. The van der Waals surface area contributed by atoms with Crippen molar-refractivity contribution in [1.82, 2.24) is 5.32 Å². The third-order valence-electron chi connectivity index (χ3n) is 2.55. The lowest BCUT2D eigenvalue weighted by Crippen LogP contribution is -2.35. The zero-order valence-corrected chi connectivity index (χ0v) is 13.8. The molecular formula is C15H20BrNO3. The van der Waals surface area contributed by atoms with Crippen molar-refractivity contribution in [3.63, 3.8) is 0 Å². The first-order chi connectivity index (χ1) is 9.23. The number of ether oxygens (including phenoxy) is 1. The van der Waals surface area contributed by atoms with Gasteiger partial charge in [-0.2, -0.15) is 0 Å². The second kappa shape index (κ2) is 6.88. The van der Waals surface area contributed by atoms with Gasteiger partial charge in [-0.25, -0.2) is 4.79 Å². The molecule has 0 aromatic heterocycles. The fourth-order valence-electron chi connectivity index (χ4n) is 1.72. The quantitative estimate of drug-likeness (QED) is 0.844. The van der Waals surface area contributed by atoms with E-state index in [0.717, 1.165) is 21.9 Å². The summed E-state index contributed by atoms with van der Waals surface area (Å²) in [5.41, 5.74) is 1.39. The molecule has 0 aliphatic carbocycles. The monoisotopic (exact) mass is 341 g/mol. The van der Waals surface area contributed by atoms with E-state index < -0.39 is 17.7 Å². The molecule has 0 radical (unpaired) electrons. The number of amides is 1. The zero-order chi connectivity index (χ0) is 15.3. The highest BCUT2D eigenvalue weighted by atomic mass is 79.9. The molecule has 0 aliphatic heterocycles. The molecule has 1 rings (SSSR count). The van der Waals surface area contributed by atoms with E-state index >= 15 is 0 Å². The number of carbonyl (C=O) groups is 2. The first-order valence-corrected chi connectivity index (χ1v) is 7.21.